The number of benzene rings is 3. The topological polar surface area (TPSA) is 19.6 Å². The lowest BCUT2D eigenvalue weighted by atomic mass is 9.72. The molecule has 2 aliphatic heterocycles. The summed E-state index contributed by atoms with van der Waals surface area (Å²) < 4.78 is 6.17. The highest BCUT2D eigenvalue weighted by Crippen LogP contribution is 2.57. The number of hydrogen-bond donors (Lipinski definition) is 0. The van der Waals surface area contributed by atoms with E-state index in [1.807, 2.05) is 6.07 Å². The van der Waals surface area contributed by atoms with Crippen molar-refractivity contribution in [3.8, 4) is 0 Å². The minimum Gasteiger partial charge on any atom is -0.456 e. The Morgan fingerprint density at radius 1 is 0.885 bits per heavy atom. The van der Waals surface area contributed by atoms with Crippen LogP contribution in [0.1, 0.15) is 25.0 Å². The number of anilines is 3. The van der Waals surface area contributed by atoms with Crippen LogP contribution in [0.2, 0.25) is 0 Å². The molecule has 0 amide bonds. The van der Waals surface area contributed by atoms with Crippen LogP contribution in [0.25, 0.3) is 21.9 Å². The number of hydrogen-bond acceptors (Lipinski definition) is 3. The molecule has 0 bridgehead atoms. The molecule has 2 aliphatic rings. The highest BCUT2D eigenvalue weighted by molar-refractivity contribution is 6.11. The molecule has 128 valence electrons. The highest BCUT2D eigenvalue weighted by Gasteiger charge is 2.42. The lowest BCUT2D eigenvalue weighted by Crippen LogP contribution is -2.33. The maximum absolute atomic E-state index is 6.17. The van der Waals surface area contributed by atoms with Gasteiger partial charge in [0, 0.05) is 28.9 Å². The summed E-state index contributed by atoms with van der Waals surface area (Å²) >= 11 is 0. The van der Waals surface area contributed by atoms with Crippen molar-refractivity contribution in [1.82, 2.24) is 0 Å². The first-order valence-corrected chi connectivity index (χ1v) is 9.14. The van der Waals surface area contributed by atoms with E-state index < -0.39 is 0 Å². The summed E-state index contributed by atoms with van der Waals surface area (Å²) in [5.74, 6) is 0. The number of rotatable bonds is 0. The van der Waals surface area contributed by atoms with Gasteiger partial charge in [0.2, 0.25) is 0 Å². The molecule has 26 heavy (non-hydrogen) atoms. The van der Waals surface area contributed by atoms with Gasteiger partial charge in [-0.2, -0.15) is 0 Å². The summed E-state index contributed by atoms with van der Waals surface area (Å²) in [4.78, 5) is 4.80. The van der Waals surface area contributed by atoms with Crippen molar-refractivity contribution < 1.29 is 4.42 Å². The standard InChI is InChI=1S/C23H20N2O/c1-23(2)15-8-6-9-17-22(15)25(13-24(17)3)16-11-12-19-20(21(16)23)14-7-4-5-10-18(14)26-19/h4-12H,13H2,1-3H3. The van der Waals surface area contributed by atoms with Crippen LogP contribution >= 0.6 is 0 Å². The van der Waals surface area contributed by atoms with E-state index >= 15 is 0 Å². The second-order valence-corrected chi connectivity index (χ2v) is 8.00. The third-order valence-corrected chi connectivity index (χ3v) is 6.16. The third-order valence-electron chi connectivity index (χ3n) is 6.16. The zero-order valence-corrected chi connectivity index (χ0v) is 15.2. The molecule has 0 spiro atoms. The maximum atomic E-state index is 6.17. The molecule has 0 fully saturated rings. The van der Waals surface area contributed by atoms with Gasteiger partial charge in [-0.15, -0.1) is 0 Å². The molecule has 3 aromatic carbocycles. The predicted octanol–water partition coefficient (Wildman–Crippen LogP) is 5.77. The monoisotopic (exact) mass is 340 g/mol. The van der Waals surface area contributed by atoms with E-state index in [4.69, 9.17) is 4.42 Å². The molecule has 0 aliphatic carbocycles. The van der Waals surface area contributed by atoms with Gasteiger partial charge < -0.3 is 14.2 Å². The highest BCUT2D eigenvalue weighted by atomic mass is 16.3. The fourth-order valence-electron chi connectivity index (χ4n) is 4.98. The van der Waals surface area contributed by atoms with Crippen LogP contribution in [0.15, 0.2) is 59.0 Å². The maximum Gasteiger partial charge on any atom is 0.135 e. The predicted molar refractivity (Wildman–Crippen MR) is 108 cm³/mol. The van der Waals surface area contributed by atoms with Crippen LogP contribution < -0.4 is 9.80 Å². The zero-order valence-electron chi connectivity index (χ0n) is 15.2. The minimum atomic E-state index is -0.0888. The van der Waals surface area contributed by atoms with Gasteiger partial charge in [-0.25, -0.2) is 0 Å². The molecule has 0 atom stereocenters. The van der Waals surface area contributed by atoms with E-state index in [1.54, 1.807) is 0 Å². The molecule has 0 saturated heterocycles. The average molecular weight is 340 g/mol. The normalized spacial score (nSPS) is 17.0. The van der Waals surface area contributed by atoms with E-state index in [2.05, 4.69) is 79.2 Å². The van der Waals surface area contributed by atoms with Gasteiger partial charge in [-0.05, 0) is 35.4 Å². The molecule has 0 saturated carbocycles. The van der Waals surface area contributed by atoms with Crippen LogP contribution in [0, 0.1) is 0 Å². The van der Waals surface area contributed by atoms with Crippen molar-refractivity contribution in [2.45, 2.75) is 19.3 Å². The Hall–Kier alpha value is -2.94. The number of fused-ring (bicyclic) bond motifs is 6. The van der Waals surface area contributed by atoms with E-state index in [1.165, 1.54) is 39.0 Å². The minimum absolute atomic E-state index is 0.0888. The summed E-state index contributed by atoms with van der Waals surface area (Å²) in [5.41, 5.74) is 8.60. The first-order chi connectivity index (χ1) is 12.6. The molecule has 0 N–H and O–H groups in total. The fourth-order valence-corrected chi connectivity index (χ4v) is 4.98. The lowest BCUT2D eigenvalue weighted by molar-refractivity contribution is 0.632. The van der Waals surface area contributed by atoms with Crippen LogP contribution in [-0.2, 0) is 5.41 Å². The number of para-hydroxylation sites is 2. The average Bonchev–Trinajstić information content (AvgIpc) is 3.18. The molecule has 6 rings (SSSR count). The van der Waals surface area contributed by atoms with Crippen molar-refractivity contribution in [3.63, 3.8) is 0 Å². The summed E-state index contributed by atoms with van der Waals surface area (Å²) in [6.45, 7) is 5.58. The second kappa shape index (κ2) is 4.42. The molecule has 4 aromatic rings. The van der Waals surface area contributed by atoms with Crippen molar-refractivity contribution in [2.24, 2.45) is 0 Å². The smallest absolute Gasteiger partial charge is 0.135 e. The quantitative estimate of drug-likeness (QED) is 0.405. The largest absolute Gasteiger partial charge is 0.456 e. The van der Waals surface area contributed by atoms with E-state index in [9.17, 15) is 0 Å². The van der Waals surface area contributed by atoms with Gasteiger partial charge in [0.25, 0.3) is 0 Å². The fraction of sp³-hybridized carbons (Fsp3) is 0.217. The van der Waals surface area contributed by atoms with Gasteiger partial charge >= 0.3 is 0 Å². The van der Waals surface area contributed by atoms with Crippen molar-refractivity contribution in [1.29, 1.82) is 0 Å². The number of furan rings is 1. The third kappa shape index (κ3) is 1.50. The summed E-state index contributed by atoms with van der Waals surface area (Å²) in [7, 11) is 2.17. The Morgan fingerprint density at radius 2 is 1.73 bits per heavy atom. The lowest BCUT2D eigenvalue weighted by Gasteiger charge is -2.39. The molecule has 3 nitrogen and oxygen atoms in total. The molecular weight excluding hydrogens is 320 g/mol. The Labute approximate surface area is 152 Å². The first-order valence-electron chi connectivity index (χ1n) is 9.14. The van der Waals surface area contributed by atoms with Gasteiger partial charge in [0.05, 0.1) is 18.0 Å². The second-order valence-electron chi connectivity index (χ2n) is 8.00. The summed E-state index contributed by atoms with van der Waals surface area (Å²) in [6, 6.07) is 19.5. The first kappa shape index (κ1) is 14.3. The Bertz CT molecular complexity index is 1220. The molecular formula is C23H20N2O. The van der Waals surface area contributed by atoms with Crippen LogP contribution in [0.4, 0.5) is 17.1 Å². The molecule has 0 unspecified atom stereocenters. The van der Waals surface area contributed by atoms with Gasteiger partial charge in [0.1, 0.15) is 11.2 Å². The Balaban J connectivity index is 1.80. The molecule has 3 heteroatoms. The van der Waals surface area contributed by atoms with Gasteiger partial charge in [-0.3, -0.25) is 0 Å². The molecule has 1 aromatic heterocycles. The van der Waals surface area contributed by atoms with Crippen LogP contribution in [0.3, 0.4) is 0 Å². The van der Waals surface area contributed by atoms with E-state index in [-0.39, 0.29) is 5.41 Å². The Morgan fingerprint density at radius 3 is 2.62 bits per heavy atom. The van der Waals surface area contributed by atoms with Crippen molar-refractivity contribution >= 4 is 39.0 Å². The van der Waals surface area contributed by atoms with Crippen molar-refractivity contribution in [3.05, 3.63) is 65.7 Å². The van der Waals surface area contributed by atoms with E-state index in [0.29, 0.717) is 0 Å². The zero-order chi connectivity index (χ0) is 17.6. The number of nitrogens with zero attached hydrogens (tertiary/aromatic N) is 2. The van der Waals surface area contributed by atoms with Gasteiger partial charge in [-0.1, -0.05) is 44.2 Å². The molecule has 3 heterocycles. The van der Waals surface area contributed by atoms with E-state index in [0.717, 1.165) is 17.8 Å². The Kier molecular flexibility index (Phi) is 2.42. The summed E-state index contributed by atoms with van der Waals surface area (Å²) in [5, 5.41) is 2.47. The van der Waals surface area contributed by atoms with Crippen molar-refractivity contribution in [2.75, 3.05) is 23.5 Å². The molecule has 0 radical (unpaired) electrons. The van der Waals surface area contributed by atoms with Crippen LogP contribution in [0.5, 0.6) is 0 Å². The SMILES string of the molecule is CN1CN2c3ccc4oc5ccccc5c4c3C(C)(C)c3cccc1c32. The van der Waals surface area contributed by atoms with Crippen LogP contribution in [-0.4, -0.2) is 13.7 Å². The summed E-state index contributed by atoms with van der Waals surface area (Å²) in [6.07, 6.45) is 0. The van der Waals surface area contributed by atoms with Gasteiger partial charge in [0.15, 0.2) is 0 Å².